The molecule has 3 N–H and O–H groups in total. The van der Waals surface area contributed by atoms with Crippen LogP contribution in [0.25, 0.3) is 0 Å². The Morgan fingerprint density at radius 3 is 2.19 bits per heavy atom. The summed E-state index contributed by atoms with van der Waals surface area (Å²) in [5.41, 5.74) is -0.454. The van der Waals surface area contributed by atoms with Gasteiger partial charge in [-0.3, -0.25) is 9.78 Å². The van der Waals surface area contributed by atoms with E-state index in [4.69, 9.17) is 34.8 Å². The van der Waals surface area contributed by atoms with Crippen molar-refractivity contribution in [3.05, 3.63) is 75.1 Å². The van der Waals surface area contributed by atoms with Crippen LogP contribution in [0.5, 0.6) is 0 Å². The van der Waals surface area contributed by atoms with Gasteiger partial charge in [-0.05, 0) is 36.2 Å². The lowest BCUT2D eigenvalue weighted by molar-refractivity contribution is -0.143. The first kappa shape index (κ1) is 23.7. The zero-order valence-corrected chi connectivity index (χ0v) is 19.0. The number of aliphatic carboxylic acids is 1. The maximum Gasteiger partial charge on any atom is 0.334 e. The molecule has 2 aromatic heterocycles. The second kappa shape index (κ2) is 10.1. The van der Waals surface area contributed by atoms with Crippen LogP contribution in [0.15, 0.2) is 48.8 Å². The van der Waals surface area contributed by atoms with Gasteiger partial charge in [0.1, 0.15) is 5.82 Å². The molecule has 8 nitrogen and oxygen atoms in total. The van der Waals surface area contributed by atoms with Gasteiger partial charge in [-0.15, -0.1) is 10.2 Å². The number of aromatic nitrogens is 3. The van der Waals surface area contributed by atoms with Crippen LogP contribution >= 0.6 is 34.8 Å². The Balaban J connectivity index is 1.89. The van der Waals surface area contributed by atoms with Gasteiger partial charge in [0.25, 0.3) is 5.91 Å². The highest BCUT2D eigenvalue weighted by molar-refractivity contribution is 6.40. The van der Waals surface area contributed by atoms with Crippen molar-refractivity contribution < 1.29 is 14.7 Å². The second-order valence-corrected chi connectivity index (χ2v) is 8.04. The number of rotatable bonds is 8. The number of hydrogen-bond acceptors (Lipinski definition) is 6. The van der Waals surface area contributed by atoms with E-state index >= 15 is 0 Å². The molecule has 3 aromatic rings. The molecule has 0 aliphatic rings. The summed E-state index contributed by atoms with van der Waals surface area (Å²) in [5.74, 6) is -1.32. The quantitative estimate of drug-likeness (QED) is 0.390. The minimum absolute atomic E-state index is 0.0984. The summed E-state index contributed by atoms with van der Waals surface area (Å²) in [4.78, 5) is 28.8. The van der Waals surface area contributed by atoms with Crippen molar-refractivity contribution in [3.63, 3.8) is 0 Å². The van der Waals surface area contributed by atoms with Crippen LogP contribution in [0.2, 0.25) is 15.2 Å². The van der Waals surface area contributed by atoms with Gasteiger partial charge in [-0.25, -0.2) is 4.79 Å². The van der Waals surface area contributed by atoms with Gasteiger partial charge >= 0.3 is 5.97 Å². The highest BCUT2D eigenvalue weighted by Gasteiger charge is 2.40. The van der Waals surface area contributed by atoms with Crippen LogP contribution in [0.1, 0.15) is 35.7 Å². The summed E-state index contributed by atoms with van der Waals surface area (Å²) in [6.07, 6.45) is 3.50. The molecule has 0 bridgehead atoms. The minimum Gasteiger partial charge on any atom is -0.479 e. The van der Waals surface area contributed by atoms with Crippen molar-refractivity contribution in [2.75, 3.05) is 10.6 Å². The molecule has 3 rings (SSSR count). The molecule has 0 unspecified atom stereocenters. The molecule has 0 aliphatic carbocycles. The summed E-state index contributed by atoms with van der Waals surface area (Å²) in [6.45, 7) is 1.88. The van der Waals surface area contributed by atoms with Crippen LogP contribution in [-0.4, -0.2) is 32.2 Å². The smallest absolute Gasteiger partial charge is 0.334 e. The molecule has 0 fully saturated rings. The average molecular weight is 495 g/mol. The third kappa shape index (κ3) is 5.09. The molecule has 11 heteroatoms. The molecule has 0 saturated heterocycles. The standard InChI is InChI=1S/C21H18Cl3N5O3/c1-2-9-21(20(31)32,27-17-8-7-16(24)28-29-17)12-3-5-13(6-4-12)26-19(30)18-14(22)10-25-11-15(18)23/h3-8,10-11H,2,9H2,1H3,(H,26,30)(H,27,29)(H,31,32)/t21-/m0/s1. The normalized spacial score (nSPS) is 12.6. The molecule has 0 spiro atoms. The van der Waals surface area contributed by atoms with E-state index in [-0.39, 0.29) is 33.0 Å². The highest BCUT2D eigenvalue weighted by atomic mass is 35.5. The van der Waals surface area contributed by atoms with Crippen molar-refractivity contribution >= 4 is 58.2 Å². The van der Waals surface area contributed by atoms with Crippen molar-refractivity contribution in [2.45, 2.75) is 25.3 Å². The number of pyridine rings is 1. The van der Waals surface area contributed by atoms with Crippen LogP contribution < -0.4 is 10.6 Å². The van der Waals surface area contributed by atoms with Gasteiger partial charge in [-0.2, -0.15) is 0 Å². The number of benzene rings is 1. The van der Waals surface area contributed by atoms with Crippen LogP contribution in [0.3, 0.4) is 0 Å². The minimum atomic E-state index is -1.46. The van der Waals surface area contributed by atoms with Gasteiger partial charge in [0.15, 0.2) is 10.7 Å². The first-order chi connectivity index (χ1) is 15.3. The number of carbonyl (C=O) groups is 2. The summed E-state index contributed by atoms with van der Waals surface area (Å²) in [5, 5.41) is 23.9. The average Bonchev–Trinajstić information content (AvgIpc) is 2.75. The third-order valence-electron chi connectivity index (χ3n) is 4.68. The Bertz CT molecular complexity index is 1110. The predicted molar refractivity (Wildman–Crippen MR) is 124 cm³/mol. The van der Waals surface area contributed by atoms with E-state index in [9.17, 15) is 14.7 Å². The lowest BCUT2D eigenvalue weighted by Gasteiger charge is -2.31. The van der Waals surface area contributed by atoms with Crippen LogP contribution in [-0.2, 0) is 10.3 Å². The van der Waals surface area contributed by atoms with Crippen molar-refractivity contribution in [1.82, 2.24) is 15.2 Å². The number of hydrogen-bond donors (Lipinski definition) is 3. The number of anilines is 2. The first-order valence-corrected chi connectivity index (χ1v) is 10.6. The zero-order chi connectivity index (χ0) is 23.3. The van der Waals surface area contributed by atoms with Crippen molar-refractivity contribution in [2.24, 2.45) is 0 Å². The summed E-state index contributed by atoms with van der Waals surface area (Å²) in [6, 6.07) is 9.50. The summed E-state index contributed by atoms with van der Waals surface area (Å²) >= 11 is 17.8. The molecule has 0 saturated carbocycles. The predicted octanol–water partition coefficient (Wildman–Crippen LogP) is 5.28. The Labute approximate surface area is 198 Å². The van der Waals surface area contributed by atoms with E-state index in [0.717, 1.165) is 0 Å². The SMILES string of the molecule is CCC[C@@](Nc1ccc(Cl)nn1)(C(=O)O)c1ccc(NC(=O)c2c(Cl)cncc2Cl)cc1. The van der Waals surface area contributed by atoms with Crippen molar-refractivity contribution in [3.8, 4) is 0 Å². The molecule has 1 atom stereocenters. The Morgan fingerprint density at radius 1 is 1.00 bits per heavy atom. The van der Waals surface area contributed by atoms with E-state index in [1.807, 2.05) is 6.92 Å². The highest BCUT2D eigenvalue weighted by Crippen LogP contribution is 2.32. The van der Waals surface area contributed by atoms with E-state index in [0.29, 0.717) is 17.7 Å². The number of halogens is 3. The number of carboxylic acids is 1. The second-order valence-electron chi connectivity index (χ2n) is 6.84. The Hall–Kier alpha value is -2.94. The molecule has 1 aromatic carbocycles. The van der Waals surface area contributed by atoms with Crippen LogP contribution in [0, 0.1) is 0 Å². The molecule has 1 amide bonds. The number of carboxylic acid groups (broad SMARTS) is 1. The summed E-state index contributed by atoms with van der Waals surface area (Å²) in [7, 11) is 0. The third-order valence-corrected chi connectivity index (χ3v) is 5.45. The monoisotopic (exact) mass is 493 g/mol. The number of nitrogens with one attached hydrogen (secondary N) is 2. The molecule has 0 radical (unpaired) electrons. The van der Waals surface area contributed by atoms with Gasteiger partial charge in [-0.1, -0.05) is 60.3 Å². The molecular weight excluding hydrogens is 477 g/mol. The molecule has 0 aliphatic heterocycles. The van der Waals surface area contributed by atoms with E-state index in [2.05, 4.69) is 25.8 Å². The molecule has 166 valence electrons. The number of nitrogens with zero attached hydrogens (tertiary/aromatic N) is 3. The fourth-order valence-electron chi connectivity index (χ4n) is 3.20. The maximum absolute atomic E-state index is 12.6. The summed E-state index contributed by atoms with van der Waals surface area (Å²) < 4.78 is 0. The van der Waals surface area contributed by atoms with Gasteiger partial charge in [0.2, 0.25) is 0 Å². The number of amides is 1. The topological polar surface area (TPSA) is 117 Å². The number of carbonyl (C=O) groups excluding carboxylic acids is 1. The van der Waals surface area contributed by atoms with Gasteiger partial charge in [0.05, 0.1) is 15.6 Å². The van der Waals surface area contributed by atoms with E-state index in [1.165, 1.54) is 18.5 Å². The Kier molecular flexibility index (Phi) is 7.50. The molecule has 2 heterocycles. The van der Waals surface area contributed by atoms with E-state index in [1.54, 1.807) is 30.3 Å². The van der Waals surface area contributed by atoms with Gasteiger partial charge < -0.3 is 15.7 Å². The molecular formula is C21H18Cl3N5O3. The van der Waals surface area contributed by atoms with Gasteiger partial charge in [0, 0.05) is 18.1 Å². The van der Waals surface area contributed by atoms with E-state index < -0.39 is 17.4 Å². The lowest BCUT2D eigenvalue weighted by Crippen LogP contribution is -2.43. The fraction of sp³-hybridized carbons (Fsp3) is 0.190. The fourth-order valence-corrected chi connectivity index (χ4v) is 3.84. The Morgan fingerprint density at radius 2 is 1.66 bits per heavy atom. The zero-order valence-electron chi connectivity index (χ0n) is 16.8. The largest absolute Gasteiger partial charge is 0.479 e. The maximum atomic E-state index is 12.6. The van der Waals surface area contributed by atoms with Crippen LogP contribution in [0.4, 0.5) is 11.5 Å². The first-order valence-electron chi connectivity index (χ1n) is 9.48. The lowest BCUT2D eigenvalue weighted by atomic mass is 9.85. The molecule has 32 heavy (non-hydrogen) atoms. The van der Waals surface area contributed by atoms with Crippen molar-refractivity contribution in [1.29, 1.82) is 0 Å².